The van der Waals surface area contributed by atoms with Gasteiger partial charge in [0.25, 0.3) is 0 Å². The Hall–Kier alpha value is -1.38. The predicted molar refractivity (Wildman–Crippen MR) is 72.5 cm³/mol. The number of carbonyl (C=O) groups excluding carboxylic acids is 2. The van der Waals surface area contributed by atoms with E-state index in [0.29, 0.717) is 0 Å². The number of carboxylic acid groups (broad SMARTS) is 2. The second-order valence-corrected chi connectivity index (χ2v) is 6.23. The third-order valence-electron chi connectivity index (χ3n) is 4.31. The molecule has 12 nitrogen and oxygen atoms in total. The molecule has 2 fully saturated rings. The number of hydrogen-bond acceptors (Lipinski definition) is 12. The van der Waals surface area contributed by atoms with Crippen LogP contribution in [0.25, 0.3) is 0 Å². The molecule has 0 bridgehead atoms. The molecular weight excluding hydrogens is 360 g/mol. The van der Waals surface area contributed by atoms with Crippen LogP contribution < -0.4 is 10.2 Å². The number of aliphatic carboxylic acids is 2. The van der Waals surface area contributed by atoms with Crippen molar-refractivity contribution < 1.29 is 59.2 Å². The van der Waals surface area contributed by atoms with Crippen LogP contribution in [0.15, 0.2) is 0 Å². The van der Waals surface area contributed by atoms with Crippen molar-refractivity contribution in [2.24, 2.45) is 0 Å². The zero-order valence-corrected chi connectivity index (χ0v) is 13.9. The zero-order valence-electron chi connectivity index (χ0n) is 13.9. The number of methoxy groups -OCH3 is 1. The number of aliphatic hydroxyl groups is 4. The molecule has 4 N–H and O–H groups in total. The quantitative estimate of drug-likeness (QED) is 0.330. The number of carbonyl (C=O) groups is 2. The van der Waals surface area contributed by atoms with Crippen LogP contribution in [-0.4, -0.2) is 94.3 Å². The molecule has 2 rings (SSSR count). The molecule has 8 atom stereocenters. The molecule has 2 heterocycles. The van der Waals surface area contributed by atoms with Crippen molar-refractivity contribution in [3.63, 3.8) is 0 Å². The Morgan fingerprint density at radius 3 is 2.12 bits per heavy atom. The minimum atomic E-state index is -3.19. The summed E-state index contributed by atoms with van der Waals surface area (Å²) < 4.78 is 19.8. The topological polar surface area (TPSA) is 198 Å². The van der Waals surface area contributed by atoms with Gasteiger partial charge in [0.2, 0.25) is 12.1 Å². The highest BCUT2D eigenvalue weighted by molar-refractivity contribution is 5.71. The van der Waals surface area contributed by atoms with Crippen LogP contribution in [0, 0.1) is 0 Å². The van der Waals surface area contributed by atoms with Crippen LogP contribution in [-0.2, 0) is 28.5 Å². The smallest absolute Gasteiger partial charge is 0.245 e. The number of ether oxygens (including phenoxy) is 4. The van der Waals surface area contributed by atoms with Crippen molar-refractivity contribution in [2.75, 3.05) is 7.11 Å². The number of rotatable bonds is 5. The minimum Gasteiger partial charge on any atom is -0.547 e. The Balaban J connectivity index is 2.27. The Morgan fingerprint density at radius 2 is 1.62 bits per heavy atom. The first-order valence-electron chi connectivity index (χ1n) is 7.72. The Morgan fingerprint density at radius 1 is 1.08 bits per heavy atom. The minimum absolute atomic E-state index is 0.0574. The molecule has 2 unspecified atom stereocenters. The Kier molecular flexibility index (Phi) is 6.20. The van der Waals surface area contributed by atoms with Gasteiger partial charge in [-0.15, -0.1) is 0 Å². The summed E-state index contributed by atoms with van der Waals surface area (Å²) >= 11 is 0. The third kappa shape index (κ3) is 3.82. The van der Waals surface area contributed by atoms with Gasteiger partial charge in [0, 0.05) is 13.5 Å². The largest absolute Gasteiger partial charge is 0.547 e. The van der Waals surface area contributed by atoms with E-state index in [-0.39, 0.29) is 6.42 Å². The molecule has 2 saturated heterocycles. The average Bonchev–Trinajstić information content (AvgIpc) is 2.53. The average molecular weight is 380 g/mol. The van der Waals surface area contributed by atoms with Crippen LogP contribution in [0.1, 0.15) is 13.3 Å². The van der Waals surface area contributed by atoms with E-state index in [4.69, 9.17) is 18.9 Å². The van der Waals surface area contributed by atoms with Gasteiger partial charge in [0.15, 0.2) is 0 Å². The van der Waals surface area contributed by atoms with Gasteiger partial charge in [0.05, 0.1) is 24.1 Å². The fourth-order valence-electron chi connectivity index (χ4n) is 2.99. The van der Waals surface area contributed by atoms with Gasteiger partial charge in [-0.05, 0) is 6.92 Å². The lowest BCUT2D eigenvalue weighted by Crippen LogP contribution is -2.71. The molecule has 0 aliphatic carbocycles. The molecule has 0 radical (unpaired) electrons. The molecular formula is C14H20O12-2. The van der Waals surface area contributed by atoms with Crippen molar-refractivity contribution in [1.82, 2.24) is 0 Å². The molecule has 2 aliphatic heterocycles. The molecule has 0 aromatic rings. The molecule has 0 aromatic heterocycles. The maximum Gasteiger partial charge on any atom is 0.245 e. The Labute approximate surface area is 147 Å². The van der Waals surface area contributed by atoms with E-state index in [0.717, 1.165) is 7.11 Å². The van der Waals surface area contributed by atoms with Crippen molar-refractivity contribution in [3.8, 4) is 0 Å². The van der Waals surface area contributed by atoms with Crippen LogP contribution in [0.2, 0.25) is 0 Å². The van der Waals surface area contributed by atoms with Gasteiger partial charge >= 0.3 is 0 Å². The van der Waals surface area contributed by atoms with Crippen molar-refractivity contribution in [1.29, 1.82) is 0 Å². The lowest BCUT2D eigenvalue weighted by atomic mass is 9.94. The standard InChI is InChI=1S/C14H22O12/c1-4-3-5(15)6(8(24-4)11(17)18)25-13-14(21,22)10(16)7(23-2)9(26-13)12(19)20/h4-10,13,15-16,21-22H,3H2,1-2H3,(H,17,18)(H,19,20)/p-2/t4-,5?,6-,7+,8+,9?,10-,13+/m0/s1. The first-order valence-corrected chi connectivity index (χ1v) is 7.72. The highest BCUT2D eigenvalue weighted by Gasteiger charge is 2.57. The lowest BCUT2D eigenvalue weighted by molar-refractivity contribution is -0.426. The lowest BCUT2D eigenvalue weighted by Gasteiger charge is -2.48. The van der Waals surface area contributed by atoms with Crippen LogP contribution >= 0.6 is 0 Å². The van der Waals surface area contributed by atoms with E-state index in [2.05, 4.69) is 0 Å². The molecule has 0 aromatic carbocycles. The van der Waals surface area contributed by atoms with Crippen molar-refractivity contribution >= 4 is 11.9 Å². The van der Waals surface area contributed by atoms with E-state index in [1.54, 1.807) is 0 Å². The van der Waals surface area contributed by atoms with Gasteiger partial charge in [-0.1, -0.05) is 0 Å². The fraction of sp³-hybridized carbons (Fsp3) is 0.857. The summed E-state index contributed by atoms with van der Waals surface area (Å²) in [4.78, 5) is 22.4. The number of hydrogen-bond donors (Lipinski definition) is 4. The molecule has 2 aliphatic rings. The monoisotopic (exact) mass is 380 g/mol. The summed E-state index contributed by atoms with van der Waals surface area (Å²) in [6.07, 6.45) is -13.8. The predicted octanol–water partition coefficient (Wildman–Crippen LogP) is -5.81. The van der Waals surface area contributed by atoms with Gasteiger partial charge in [0.1, 0.15) is 30.5 Å². The highest BCUT2D eigenvalue weighted by Crippen LogP contribution is 2.33. The van der Waals surface area contributed by atoms with E-state index in [1.165, 1.54) is 6.92 Å². The molecule has 26 heavy (non-hydrogen) atoms. The SMILES string of the molecule is CO[C@@H]1C(C(=O)[O-])O[C@@H](O[C@H]2C(O)C[C@H](C)O[C@H]2C(=O)[O-])C(O)(O)[C@H]1O. The van der Waals surface area contributed by atoms with Gasteiger partial charge in [-0.3, -0.25) is 0 Å². The molecule has 0 amide bonds. The summed E-state index contributed by atoms with van der Waals surface area (Å²) in [6, 6.07) is 0. The molecule has 150 valence electrons. The van der Waals surface area contributed by atoms with E-state index in [1.807, 2.05) is 0 Å². The highest BCUT2D eigenvalue weighted by atomic mass is 16.8. The van der Waals surface area contributed by atoms with Crippen LogP contribution in [0.5, 0.6) is 0 Å². The van der Waals surface area contributed by atoms with Gasteiger partial charge < -0.3 is 59.2 Å². The summed E-state index contributed by atoms with van der Waals surface area (Å²) in [5.74, 6) is -6.78. The maximum absolute atomic E-state index is 11.2. The van der Waals surface area contributed by atoms with E-state index < -0.39 is 66.7 Å². The van der Waals surface area contributed by atoms with E-state index in [9.17, 15) is 40.2 Å². The summed E-state index contributed by atoms with van der Waals surface area (Å²) in [7, 11) is 0.997. The first kappa shape index (κ1) is 20.9. The van der Waals surface area contributed by atoms with Gasteiger partial charge in [-0.25, -0.2) is 0 Å². The van der Waals surface area contributed by atoms with Crippen LogP contribution in [0.3, 0.4) is 0 Å². The summed E-state index contributed by atoms with van der Waals surface area (Å²) in [5.41, 5.74) is 0. The summed E-state index contributed by atoms with van der Waals surface area (Å²) in [5, 5.41) is 62.6. The third-order valence-corrected chi connectivity index (χ3v) is 4.31. The Bertz CT molecular complexity index is 536. The molecule has 12 heteroatoms. The second kappa shape index (κ2) is 7.70. The number of aliphatic hydroxyl groups excluding tert-OH is 2. The van der Waals surface area contributed by atoms with Gasteiger partial charge in [-0.2, -0.15) is 0 Å². The number of carboxylic acids is 2. The van der Waals surface area contributed by atoms with Crippen molar-refractivity contribution in [2.45, 2.75) is 68.1 Å². The fourth-order valence-corrected chi connectivity index (χ4v) is 2.99. The molecule has 0 saturated carbocycles. The van der Waals surface area contributed by atoms with Crippen molar-refractivity contribution in [3.05, 3.63) is 0 Å². The maximum atomic E-state index is 11.2. The first-order chi connectivity index (χ1) is 12.0. The normalized spacial score (nSPS) is 43.0. The van der Waals surface area contributed by atoms with Crippen LogP contribution in [0.4, 0.5) is 0 Å². The molecule has 0 spiro atoms. The van der Waals surface area contributed by atoms with E-state index >= 15 is 0 Å². The summed E-state index contributed by atoms with van der Waals surface area (Å²) in [6.45, 7) is 1.49. The zero-order chi connectivity index (χ0) is 19.8. The second-order valence-electron chi connectivity index (χ2n) is 6.23.